The number of urea groups is 1. The molecule has 1 aromatic heterocycles. The summed E-state index contributed by atoms with van der Waals surface area (Å²) in [5.41, 5.74) is 0. The van der Waals surface area contributed by atoms with E-state index in [2.05, 4.69) is 9.97 Å². The zero-order valence-electron chi connectivity index (χ0n) is 12.9. The number of piperazine rings is 1. The van der Waals surface area contributed by atoms with Crippen LogP contribution in [0, 0.1) is 0 Å². The fourth-order valence-corrected chi connectivity index (χ4v) is 2.70. The van der Waals surface area contributed by atoms with E-state index in [4.69, 9.17) is 0 Å². The van der Waals surface area contributed by atoms with Gasteiger partial charge in [-0.1, -0.05) is 0 Å². The van der Waals surface area contributed by atoms with Crippen molar-refractivity contribution in [2.45, 2.75) is 6.92 Å². The summed E-state index contributed by atoms with van der Waals surface area (Å²) < 4.78 is 0. The molecule has 3 heterocycles. The molecule has 0 atom stereocenters. The van der Waals surface area contributed by atoms with Crippen molar-refractivity contribution in [2.75, 3.05) is 44.3 Å². The third-order valence-electron chi connectivity index (χ3n) is 4.00. The molecule has 23 heavy (non-hydrogen) atoms. The van der Waals surface area contributed by atoms with Gasteiger partial charge in [0.1, 0.15) is 0 Å². The molecule has 0 N–H and O–H groups in total. The summed E-state index contributed by atoms with van der Waals surface area (Å²) in [6, 6.07) is 1.23. The number of rotatable bonds is 4. The molecule has 4 amide bonds. The highest BCUT2D eigenvalue weighted by Gasteiger charge is 2.44. The molecule has 0 aliphatic carbocycles. The van der Waals surface area contributed by atoms with E-state index in [0.29, 0.717) is 32.1 Å². The van der Waals surface area contributed by atoms with Crippen molar-refractivity contribution in [1.82, 2.24) is 24.7 Å². The zero-order valence-corrected chi connectivity index (χ0v) is 12.9. The fourth-order valence-electron chi connectivity index (χ4n) is 2.70. The Morgan fingerprint density at radius 3 is 2.13 bits per heavy atom. The number of imide groups is 2. The number of carbonyl (C=O) groups is 3. The van der Waals surface area contributed by atoms with Gasteiger partial charge in [0.05, 0.1) is 6.67 Å². The van der Waals surface area contributed by atoms with E-state index in [1.54, 1.807) is 25.4 Å². The summed E-state index contributed by atoms with van der Waals surface area (Å²) in [6.07, 6.45) is 3.39. The quantitative estimate of drug-likeness (QED) is 0.539. The molecule has 0 saturated carbocycles. The second-order valence-corrected chi connectivity index (χ2v) is 5.36. The number of hydrogen-bond acceptors (Lipinski definition) is 7. The molecule has 3 rings (SSSR count). The average molecular weight is 318 g/mol. The maximum absolute atomic E-state index is 12.1. The number of nitrogens with zero attached hydrogens (tertiary/aromatic N) is 6. The van der Waals surface area contributed by atoms with Crippen molar-refractivity contribution >= 4 is 23.8 Å². The van der Waals surface area contributed by atoms with E-state index in [1.807, 2.05) is 9.80 Å². The third kappa shape index (κ3) is 2.87. The lowest BCUT2D eigenvalue weighted by Gasteiger charge is -2.35. The Labute approximate surface area is 133 Å². The molecule has 9 nitrogen and oxygen atoms in total. The van der Waals surface area contributed by atoms with Gasteiger partial charge in [0.15, 0.2) is 0 Å². The standard InChI is InChI=1S/C14H18N6O3/c1-2-19-11(21)12(22)20(14(19)23)10-17-6-8-18(9-7-17)13-15-4-3-5-16-13/h3-5H,2,6-10H2,1H3. The van der Waals surface area contributed by atoms with Gasteiger partial charge in [0.25, 0.3) is 0 Å². The first-order valence-electron chi connectivity index (χ1n) is 7.53. The number of anilines is 1. The van der Waals surface area contributed by atoms with Gasteiger partial charge in [-0.25, -0.2) is 19.7 Å². The second-order valence-electron chi connectivity index (χ2n) is 5.36. The van der Waals surface area contributed by atoms with Gasteiger partial charge in [-0.15, -0.1) is 0 Å². The largest absolute Gasteiger partial charge is 0.338 e. The van der Waals surface area contributed by atoms with Gasteiger partial charge >= 0.3 is 17.8 Å². The first-order chi connectivity index (χ1) is 11.1. The van der Waals surface area contributed by atoms with Gasteiger partial charge in [-0.05, 0) is 13.0 Å². The van der Waals surface area contributed by atoms with Crippen molar-refractivity contribution < 1.29 is 14.4 Å². The van der Waals surface area contributed by atoms with E-state index in [0.717, 1.165) is 9.80 Å². The molecule has 1 aromatic rings. The molecule has 2 aliphatic rings. The lowest BCUT2D eigenvalue weighted by atomic mass is 10.3. The van der Waals surface area contributed by atoms with Crippen LogP contribution in [0.25, 0.3) is 0 Å². The lowest BCUT2D eigenvalue weighted by Crippen LogP contribution is -2.51. The van der Waals surface area contributed by atoms with Gasteiger partial charge in [-0.2, -0.15) is 0 Å². The molecule has 2 fully saturated rings. The van der Waals surface area contributed by atoms with Crippen LogP contribution in [-0.2, 0) is 9.59 Å². The van der Waals surface area contributed by atoms with Crippen molar-refractivity contribution in [3.05, 3.63) is 18.5 Å². The van der Waals surface area contributed by atoms with Gasteiger partial charge < -0.3 is 4.90 Å². The summed E-state index contributed by atoms with van der Waals surface area (Å²) in [5, 5.41) is 0. The normalized spacial score (nSPS) is 19.9. The molecule has 122 valence electrons. The van der Waals surface area contributed by atoms with Crippen LogP contribution < -0.4 is 4.90 Å². The Morgan fingerprint density at radius 2 is 1.57 bits per heavy atom. The van der Waals surface area contributed by atoms with Crippen molar-refractivity contribution in [3.63, 3.8) is 0 Å². The second kappa shape index (κ2) is 6.29. The lowest BCUT2D eigenvalue weighted by molar-refractivity contribution is -0.143. The number of amides is 4. The smallest absolute Gasteiger partial charge is 0.335 e. The Hall–Kier alpha value is -2.55. The van der Waals surface area contributed by atoms with Gasteiger partial charge in [0, 0.05) is 45.1 Å². The van der Waals surface area contributed by atoms with Crippen LogP contribution in [-0.4, -0.2) is 81.9 Å². The predicted molar refractivity (Wildman–Crippen MR) is 80.3 cm³/mol. The average Bonchev–Trinajstić information content (AvgIpc) is 2.79. The minimum atomic E-state index is -0.745. The van der Waals surface area contributed by atoms with E-state index in [1.165, 1.54) is 0 Å². The van der Waals surface area contributed by atoms with E-state index >= 15 is 0 Å². The van der Waals surface area contributed by atoms with Crippen molar-refractivity contribution in [1.29, 1.82) is 0 Å². The Morgan fingerprint density at radius 1 is 0.957 bits per heavy atom. The summed E-state index contributed by atoms with van der Waals surface area (Å²) in [4.78, 5) is 50.1. The summed E-state index contributed by atoms with van der Waals surface area (Å²) in [7, 11) is 0. The summed E-state index contributed by atoms with van der Waals surface area (Å²) in [6.45, 7) is 4.75. The molecule has 2 aliphatic heterocycles. The summed E-state index contributed by atoms with van der Waals surface area (Å²) in [5.74, 6) is -0.813. The van der Waals surface area contributed by atoms with Crippen LogP contribution in [0.3, 0.4) is 0 Å². The molecule has 2 saturated heterocycles. The maximum Gasteiger partial charge on any atom is 0.335 e. The van der Waals surface area contributed by atoms with E-state index < -0.39 is 17.8 Å². The highest BCUT2D eigenvalue weighted by molar-refractivity contribution is 6.44. The molecule has 0 aromatic carbocycles. The fraction of sp³-hybridized carbons (Fsp3) is 0.500. The number of aromatic nitrogens is 2. The van der Waals surface area contributed by atoms with Gasteiger partial charge in [-0.3, -0.25) is 19.4 Å². The van der Waals surface area contributed by atoms with E-state index in [9.17, 15) is 14.4 Å². The number of hydrogen-bond donors (Lipinski definition) is 0. The van der Waals surface area contributed by atoms with Crippen LogP contribution in [0.4, 0.5) is 10.7 Å². The number of likely N-dealkylation sites (N-methyl/N-ethyl adjacent to an activating group) is 1. The minimum absolute atomic E-state index is 0.142. The minimum Gasteiger partial charge on any atom is -0.338 e. The Balaban J connectivity index is 1.58. The predicted octanol–water partition coefficient (Wildman–Crippen LogP) is -0.633. The topological polar surface area (TPSA) is 90.0 Å². The molecular weight excluding hydrogens is 300 g/mol. The Bertz CT molecular complexity index is 614. The highest BCUT2D eigenvalue weighted by Crippen LogP contribution is 2.14. The van der Waals surface area contributed by atoms with Crippen LogP contribution in [0.5, 0.6) is 0 Å². The zero-order chi connectivity index (χ0) is 16.4. The Kier molecular flexibility index (Phi) is 4.20. The molecule has 0 radical (unpaired) electrons. The molecule has 9 heteroatoms. The SMILES string of the molecule is CCN1C(=O)C(=O)N(CN2CCN(c3ncccn3)CC2)C1=O. The van der Waals surface area contributed by atoms with Crippen LogP contribution in [0.1, 0.15) is 6.92 Å². The molecular formula is C14H18N6O3. The molecule has 0 spiro atoms. The third-order valence-corrected chi connectivity index (χ3v) is 4.00. The van der Waals surface area contributed by atoms with Crippen molar-refractivity contribution in [2.24, 2.45) is 0 Å². The van der Waals surface area contributed by atoms with Gasteiger partial charge in [0.2, 0.25) is 5.95 Å². The summed E-state index contributed by atoms with van der Waals surface area (Å²) >= 11 is 0. The first-order valence-corrected chi connectivity index (χ1v) is 7.53. The molecule has 0 unspecified atom stereocenters. The first kappa shape index (κ1) is 15.3. The van der Waals surface area contributed by atoms with Crippen molar-refractivity contribution in [3.8, 4) is 0 Å². The van der Waals surface area contributed by atoms with Crippen LogP contribution in [0.15, 0.2) is 18.5 Å². The highest BCUT2D eigenvalue weighted by atomic mass is 16.2. The monoisotopic (exact) mass is 318 g/mol. The van der Waals surface area contributed by atoms with Crippen LogP contribution in [0.2, 0.25) is 0 Å². The maximum atomic E-state index is 12.1. The van der Waals surface area contributed by atoms with Crippen LogP contribution >= 0.6 is 0 Å². The number of carbonyl (C=O) groups excluding carboxylic acids is 3. The molecule has 0 bridgehead atoms. The van der Waals surface area contributed by atoms with E-state index in [-0.39, 0.29) is 13.2 Å².